The molecule has 0 fully saturated rings. The Labute approximate surface area is 186 Å². The van der Waals surface area contributed by atoms with E-state index in [4.69, 9.17) is 16.3 Å². The molecule has 2 amide bonds. The van der Waals surface area contributed by atoms with E-state index >= 15 is 0 Å². The summed E-state index contributed by atoms with van der Waals surface area (Å²) in [4.78, 5) is 38.9. The Morgan fingerprint density at radius 3 is 2.55 bits per heavy atom. The smallest absolute Gasteiger partial charge is 0.331 e. The second-order valence-electron chi connectivity index (χ2n) is 6.94. The molecule has 0 spiro atoms. The number of rotatable bonds is 5. The van der Waals surface area contributed by atoms with Crippen molar-refractivity contribution in [1.82, 2.24) is 5.32 Å². The lowest BCUT2D eigenvalue weighted by molar-refractivity contribution is -0.139. The average molecular weight is 457 g/mol. The van der Waals surface area contributed by atoms with Gasteiger partial charge in [0.2, 0.25) is 0 Å². The molecule has 0 radical (unpaired) electrons. The molecule has 1 aliphatic heterocycles. The minimum Gasteiger partial charge on any atom is -0.479 e. The lowest BCUT2D eigenvalue weighted by Crippen LogP contribution is -2.38. The van der Waals surface area contributed by atoms with Gasteiger partial charge >= 0.3 is 5.97 Å². The summed E-state index contributed by atoms with van der Waals surface area (Å²) in [6.07, 6.45) is 0. The number of carbonyl (C=O) groups excluding carboxylic acids is 2. The Balaban J connectivity index is 1.51. The Kier molecular flexibility index (Phi) is 5.67. The van der Waals surface area contributed by atoms with E-state index in [0.717, 1.165) is 16.9 Å². The maximum Gasteiger partial charge on any atom is 0.331 e. The van der Waals surface area contributed by atoms with Gasteiger partial charge in [-0.2, -0.15) is 0 Å². The van der Waals surface area contributed by atoms with Crippen LogP contribution in [0.1, 0.15) is 37.2 Å². The molecule has 7 nitrogen and oxygen atoms in total. The number of thiophene rings is 1. The average Bonchev–Trinajstić information content (AvgIpc) is 3.18. The largest absolute Gasteiger partial charge is 0.479 e. The molecule has 158 valence electrons. The molecule has 1 aliphatic rings. The van der Waals surface area contributed by atoms with E-state index in [1.54, 1.807) is 36.4 Å². The van der Waals surface area contributed by atoms with Gasteiger partial charge in [0, 0.05) is 16.1 Å². The highest BCUT2D eigenvalue weighted by Gasteiger charge is 2.28. The van der Waals surface area contributed by atoms with E-state index in [2.05, 4.69) is 5.32 Å². The number of nitrogens with zero attached hydrogens (tertiary/aromatic N) is 1. The molecular formula is C22H17ClN2O5S. The van der Waals surface area contributed by atoms with Crippen molar-refractivity contribution in [3.05, 3.63) is 80.5 Å². The Bertz CT molecular complexity index is 1170. The van der Waals surface area contributed by atoms with Crippen molar-refractivity contribution in [2.45, 2.75) is 13.0 Å². The number of carbonyl (C=O) groups is 3. The summed E-state index contributed by atoms with van der Waals surface area (Å²) in [5, 5.41) is 12.0. The van der Waals surface area contributed by atoms with Crippen molar-refractivity contribution in [2.24, 2.45) is 0 Å². The molecule has 3 aromatic rings. The fraction of sp³-hybridized carbons (Fsp3) is 0.136. The second kappa shape index (κ2) is 8.41. The lowest BCUT2D eigenvalue weighted by Gasteiger charge is -2.29. The van der Waals surface area contributed by atoms with E-state index in [9.17, 15) is 19.5 Å². The SMILES string of the molecule is Cc1ccc2c(c1)C(=O)N(c1ccc(C(=O)NC(C(=O)O)c3ccc(Cl)s3)cc1)CO2. The van der Waals surface area contributed by atoms with Gasteiger partial charge in [-0.05, 0) is 55.5 Å². The first-order chi connectivity index (χ1) is 14.8. The Hall–Kier alpha value is -3.36. The zero-order valence-electron chi connectivity index (χ0n) is 16.3. The molecule has 2 aromatic carbocycles. The minimum atomic E-state index is -1.21. The Morgan fingerprint density at radius 2 is 1.90 bits per heavy atom. The number of hydrogen-bond donors (Lipinski definition) is 2. The number of hydrogen-bond acceptors (Lipinski definition) is 5. The lowest BCUT2D eigenvalue weighted by atomic mass is 10.1. The second-order valence-corrected chi connectivity index (χ2v) is 8.69. The number of ether oxygens (including phenoxy) is 1. The van der Waals surface area contributed by atoms with Gasteiger partial charge in [-0.15, -0.1) is 11.3 Å². The van der Waals surface area contributed by atoms with Gasteiger partial charge in [0.15, 0.2) is 12.8 Å². The number of halogens is 1. The van der Waals surface area contributed by atoms with Crippen LogP contribution in [0.3, 0.4) is 0 Å². The molecule has 0 saturated heterocycles. The van der Waals surface area contributed by atoms with E-state index in [-0.39, 0.29) is 18.2 Å². The number of amides is 2. The summed E-state index contributed by atoms with van der Waals surface area (Å²) < 4.78 is 6.11. The van der Waals surface area contributed by atoms with Crippen LogP contribution in [0.2, 0.25) is 4.34 Å². The summed E-state index contributed by atoms with van der Waals surface area (Å²) in [5.41, 5.74) is 2.25. The van der Waals surface area contributed by atoms with Crippen LogP contribution < -0.4 is 15.0 Å². The number of carboxylic acids is 1. The molecule has 9 heteroatoms. The van der Waals surface area contributed by atoms with Crippen LogP contribution in [0.15, 0.2) is 54.6 Å². The predicted molar refractivity (Wildman–Crippen MR) is 117 cm³/mol. The van der Waals surface area contributed by atoms with E-state index < -0.39 is 17.9 Å². The zero-order chi connectivity index (χ0) is 22.1. The van der Waals surface area contributed by atoms with Gasteiger partial charge in [-0.25, -0.2) is 4.79 Å². The number of aliphatic carboxylic acids is 1. The van der Waals surface area contributed by atoms with Crippen LogP contribution in [0.4, 0.5) is 5.69 Å². The number of fused-ring (bicyclic) bond motifs is 1. The van der Waals surface area contributed by atoms with Crippen molar-refractivity contribution in [3.63, 3.8) is 0 Å². The maximum absolute atomic E-state index is 12.9. The third-order valence-electron chi connectivity index (χ3n) is 4.80. The molecule has 1 unspecified atom stereocenters. The van der Waals surface area contributed by atoms with Crippen LogP contribution in [-0.2, 0) is 4.79 Å². The van der Waals surface area contributed by atoms with Crippen LogP contribution in [0, 0.1) is 6.92 Å². The quantitative estimate of drug-likeness (QED) is 0.598. The van der Waals surface area contributed by atoms with Crippen LogP contribution in [0.5, 0.6) is 5.75 Å². The van der Waals surface area contributed by atoms with E-state index in [0.29, 0.717) is 26.2 Å². The highest BCUT2D eigenvalue weighted by Crippen LogP contribution is 2.30. The van der Waals surface area contributed by atoms with Crippen molar-refractivity contribution in [1.29, 1.82) is 0 Å². The molecule has 4 rings (SSSR count). The zero-order valence-corrected chi connectivity index (χ0v) is 17.9. The summed E-state index contributed by atoms with van der Waals surface area (Å²) in [6, 6.07) is 13.7. The van der Waals surface area contributed by atoms with Gasteiger partial charge in [0.25, 0.3) is 11.8 Å². The molecule has 0 aliphatic carbocycles. The third-order valence-corrected chi connectivity index (χ3v) is 6.10. The maximum atomic E-state index is 12.9. The normalized spacial score (nSPS) is 13.9. The highest BCUT2D eigenvalue weighted by molar-refractivity contribution is 7.16. The van der Waals surface area contributed by atoms with E-state index in [1.807, 2.05) is 13.0 Å². The van der Waals surface area contributed by atoms with Gasteiger partial charge in [0.05, 0.1) is 9.90 Å². The molecule has 2 heterocycles. The highest BCUT2D eigenvalue weighted by atomic mass is 35.5. The number of nitrogens with one attached hydrogen (secondary N) is 1. The molecule has 0 bridgehead atoms. The molecular weight excluding hydrogens is 440 g/mol. The van der Waals surface area contributed by atoms with Gasteiger partial charge in [-0.1, -0.05) is 23.2 Å². The number of benzene rings is 2. The summed E-state index contributed by atoms with van der Waals surface area (Å²) >= 11 is 6.97. The molecule has 31 heavy (non-hydrogen) atoms. The van der Waals surface area contributed by atoms with Crippen LogP contribution in [-0.4, -0.2) is 29.6 Å². The first-order valence-electron chi connectivity index (χ1n) is 9.28. The van der Waals surface area contributed by atoms with Crippen molar-refractivity contribution in [2.75, 3.05) is 11.6 Å². The summed E-state index contributed by atoms with van der Waals surface area (Å²) in [6.45, 7) is 1.95. The molecule has 0 saturated carbocycles. The number of carboxylic acid groups (broad SMARTS) is 1. The number of anilines is 1. The third kappa shape index (κ3) is 4.26. The fourth-order valence-corrected chi connectivity index (χ4v) is 4.32. The molecule has 1 aromatic heterocycles. The topological polar surface area (TPSA) is 95.9 Å². The minimum absolute atomic E-state index is 0.0562. The number of aryl methyl sites for hydroxylation is 1. The van der Waals surface area contributed by atoms with Crippen molar-refractivity contribution < 1.29 is 24.2 Å². The summed E-state index contributed by atoms with van der Waals surface area (Å²) in [5.74, 6) is -1.39. The first-order valence-corrected chi connectivity index (χ1v) is 10.5. The van der Waals surface area contributed by atoms with Crippen LogP contribution >= 0.6 is 22.9 Å². The van der Waals surface area contributed by atoms with Gasteiger partial charge in [-0.3, -0.25) is 14.5 Å². The van der Waals surface area contributed by atoms with Crippen molar-refractivity contribution >= 4 is 46.4 Å². The molecule has 1 atom stereocenters. The standard InChI is InChI=1S/C22H17ClN2O5S/c1-12-2-7-16-15(10-12)21(27)25(11-30-16)14-5-3-13(4-6-14)20(26)24-19(22(28)29)17-8-9-18(23)31-17/h2-10,19H,11H2,1H3,(H,24,26)(H,28,29). The van der Waals surface area contributed by atoms with E-state index in [1.165, 1.54) is 17.0 Å². The van der Waals surface area contributed by atoms with Gasteiger partial charge < -0.3 is 15.2 Å². The molecule has 2 N–H and O–H groups in total. The van der Waals surface area contributed by atoms with Crippen LogP contribution in [0.25, 0.3) is 0 Å². The fourth-order valence-electron chi connectivity index (χ4n) is 3.21. The Morgan fingerprint density at radius 1 is 1.16 bits per heavy atom. The first kappa shape index (κ1) is 20.9. The predicted octanol–water partition coefficient (Wildman–Crippen LogP) is 4.26. The monoisotopic (exact) mass is 456 g/mol. The van der Waals surface area contributed by atoms with Crippen molar-refractivity contribution in [3.8, 4) is 5.75 Å². The summed E-state index contributed by atoms with van der Waals surface area (Å²) in [7, 11) is 0. The van der Waals surface area contributed by atoms with Gasteiger partial charge in [0.1, 0.15) is 5.75 Å².